The maximum Gasteiger partial charge on any atom is 0.324 e. The van der Waals surface area contributed by atoms with Crippen molar-refractivity contribution < 1.29 is 9.90 Å². The Morgan fingerprint density at radius 2 is 2.33 bits per heavy atom. The second kappa shape index (κ2) is 3.86. The van der Waals surface area contributed by atoms with Gasteiger partial charge in [-0.05, 0) is 0 Å². The van der Waals surface area contributed by atoms with Crippen molar-refractivity contribution >= 4 is 5.97 Å². The molecule has 0 aromatic rings. The summed E-state index contributed by atoms with van der Waals surface area (Å²) in [6.07, 6.45) is 4.33. The van der Waals surface area contributed by atoms with Crippen LogP contribution in [0, 0.1) is 0 Å². The zero-order chi connectivity index (χ0) is 7.28. The van der Waals surface area contributed by atoms with Crippen molar-refractivity contribution in [2.75, 3.05) is 0 Å². The molecule has 0 radical (unpaired) electrons. The number of carboxylic acid groups (broad SMARTS) is 1. The van der Waals surface area contributed by atoms with E-state index in [-0.39, 0.29) is 0 Å². The quantitative estimate of drug-likeness (QED) is 0.530. The third kappa shape index (κ3) is 3.49. The van der Waals surface area contributed by atoms with Gasteiger partial charge in [-0.2, -0.15) is 0 Å². The first-order valence-corrected chi connectivity index (χ1v) is 2.46. The predicted molar refractivity (Wildman–Crippen MR) is 34.9 cm³/mol. The Bertz CT molecular complexity index is 140. The summed E-state index contributed by atoms with van der Waals surface area (Å²) in [6.45, 7) is 3.36. The van der Waals surface area contributed by atoms with Gasteiger partial charge in [0.05, 0.1) is 0 Å². The molecule has 0 aromatic heterocycles. The molecule has 0 aliphatic rings. The highest BCUT2D eigenvalue weighted by molar-refractivity contribution is 5.75. The van der Waals surface area contributed by atoms with Crippen LogP contribution in [0.4, 0.5) is 0 Å². The third-order valence-corrected chi connectivity index (χ3v) is 0.740. The van der Waals surface area contributed by atoms with E-state index in [1.165, 1.54) is 18.2 Å². The van der Waals surface area contributed by atoms with Gasteiger partial charge in [-0.1, -0.05) is 24.8 Å². The number of nitrogens with two attached hydrogens (primary N) is 1. The number of allylic oxidation sites excluding steroid dienone is 2. The Morgan fingerprint density at radius 1 is 1.78 bits per heavy atom. The van der Waals surface area contributed by atoms with Gasteiger partial charge < -0.3 is 10.8 Å². The summed E-state index contributed by atoms with van der Waals surface area (Å²) in [6, 6.07) is -0.914. The maximum absolute atomic E-state index is 9.99. The van der Waals surface area contributed by atoms with E-state index in [0.717, 1.165) is 0 Å². The Labute approximate surface area is 53.5 Å². The molecule has 0 rings (SSSR count). The lowest BCUT2D eigenvalue weighted by molar-refractivity contribution is -0.137. The van der Waals surface area contributed by atoms with Crippen molar-refractivity contribution in [3.05, 3.63) is 24.8 Å². The molecule has 0 fully saturated rings. The minimum atomic E-state index is -1.03. The normalized spacial score (nSPS) is 13.4. The second-order valence-electron chi connectivity index (χ2n) is 1.48. The van der Waals surface area contributed by atoms with Gasteiger partial charge in [-0.3, -0.25) is 4.79 Å². The molecule has 0 aliphatic heterocycles. The van der Waals surface area contributed by atoms with Gasteiger partial charge in [0.2, 0.25) is 0 Å². The van der Waals surface area contributed by atoms with E-state index < -0.39 is 12.0 Å². The Morgan fingerprint density at radius 3 is 2.67 bits per heavy atom. The molecule has 0 heterocycles. The summed E-state index contributed by atoms with van der Waals surface area (Å²) in [7, 11) is 0. The molecule has 9 heavy (non-hydrogen) atoms. The van der Waals surface area contributed by atoms with Crippen molar-refractivity contribution in [1.82, 2.24) is 0 Å². The topological polar surface area (TPSA) is 63.3 Å². The first-order valence-electron chi connectivity index (χ1n) is 2.46. The SMILES string of the molecule is C=C/C=C/C(N)C(=O)O. The highest BCUT2D eigenvalue weighted by atomic mass is 16.4. The molecule has 0 saturated heterocycles. The van der Waals surface area contributed by atoms with Crippen LogP contribution in [0.15, 0.2) is 24.8 Å². The van der Waals surface area contributed by atoms with Crippen molar-refractivity contribution in [3.63, 3.8) is 0 Å². The Hall–Kier alpha value is -1.09. The maximum atomic E-state index is 9.99. The van der Waals surface area contributed by atoms with E-state index in [2.05, 4.69) is 6.58 Å². The first-order chi connectivity index (χ1) is 4.18. The van der Waals surface area contributed by atoms with Gasteiger partial charge in [0, 0.05) is 0 Å². The van der Waals surface area contributed by atoms with Gasteiger partial charge in [0.15, 0.2) is 0 Å². The molecule has 0 amide bonds. The van der Waals surface area contributed by atoms with Crippen LogP contribution in [-0.2, 0) is 4.79 Å². The molecule has 0 spiro atoms. The minimum Gasteiger partial charge on any atom is -0.480 e. The minimum absolute atomic E-state index is 0.914. The summed E-state index contributed by atoms with van der Waals surface area (Å²) in [4.78, 5) is 9.99. The predicted octanol–water partition coefficient (Wildman–Crippen LogP) is 0.140. The number of rotatable bonds is 3. The molecular formula is C6H9NO2. The zero-order valence-corrected chi connectivity index (χ0v) is 4.95. The molecule has 0 aromatic carbocycles. The molecular weight excluding hydrogens is 118 g/mol. The van der Waals surface area contributed by atoms with Gasteiger partial charge in [0.25, 0.3) is 0 Å². The molecule has 0 bridgehead atoms. The molecule has 3 heteroatoms. The fourth-order valence-electron chi connectivity index (χ4n) is 0.281. The van der Waals surface area contributed by atoms with Crippen LogP contribution < -0.4 is 5.73 Å². The largest absolute Gasteiger partial charge is 0.480 e. The molecule has 3 nitrogen and oxygen atoms in total. The standard InChI is InChI=1S/C6H9NO2/c1-2-3-4-5(7)6(8)9/h2-5H,1,7H2,(H,8,9)/b4-3+. The highest BCUT2D eigenvalue weighted by Crippen LogP contribution is 1.81. The average Bonchev–Trinajstić information content (AvgIpc) is 1.82. The zero-order valence-electron chi connectivity index (χ0n) is 4.95. The summed E-state index contributed by atoms with van der Waals surface area (Å²) in [5, 5.41) is 8.20. The molecule has 3 N–H and O–H groups in total. The van der Waals surface area contributed by atoms with Gasteiger partial charge in [-0.25, -0.2) is 0 Å². The average molecular weight is 127 g/mol. The third-order valence-electron chi connectivity index (χ3n) is 0.740. The van der Waals surface area contributed by atoms with E-state index in [1.807, 2.05) is 0 Å². The van der Waals surface area contributed by atoms with Gasteiger partial charge >= 0.3 is 5.97 Å². The van der Waals surface area contributed by atoms with Crippen molar-refractivity contribution in [1.29, 1.82) is 0 Å². The van der Waals surface area contributed by atoms with Crippen molar-refractivity contribution in [2.45, 2.75) is 6.04 Å². The van der Waals surface area contributed by atoms with Crippen LogP contribution in [0.3, 0.4) is 0 Å². The highest BCUT2D eigenvalue weighted by Gasteiger charge is 2.03. The molecule has 0 aliphatic carbocycles. The lowest BCUT2D eigenvalue weighted by Gasteiger charge is -1.94. The van der Waals surface area contributed by atoms with E-state index in [0.29, 0.717) is 0 Å². The fourth-order valence-corrected chi connectivity index (χ4v) is 0.281. The number of hydrogen-bond donors (Lipinski definition) is 2. The summed E-state index contributed by atoms with van der Waals surface area (Å²) in [5.41, 5.74) is 5.07. The number of hydrogen-bond acceptors (Lipinski definition) is 2. The lowest BCUT2D eigenvalue weighted by atomic mass is 10.3. The summed E-state index contributed by atoms with van der Waals surface area (Å²) >= 11 is 0. The number of carboxylic acids is 1. The molecule has 50 valence electrons. The van der Waals surface area contributed by atoms with E-state index in [9.17, 15) is 4.79 Å². The van der Waals surface area contributed by atoms with Crippen LogP contribution in [-0.4, -0.2) is 17.1 Å². The van der Waals surface area contributed by atoms with E-state index in [1.54, 1.807) is 0 Å². The van der Waals surface area contributed by atoms with Crippen LogP contribution in [0.5, 0.6) is 0 Å². The van der Waals surface area contributed by atoms with Gasteiger partial charge in [-0.15, -0.1) is 0 Å². The lowest BCUT2D eigenvalue weighted by Crippen LogP contribution is -2.27. The molecule has 0 saturated carbocycles. The van der Waals surface area contributed by atoms with E-state index in [4.69, 9.17) is 10.8 Å². The van der Waals surface area contributed by atoms with E-state index >= 15 is 0 Å². The van der Waals surface area contributed by atoms with Crippen molar-refractivity contribution in [3.8, 4) is 0 Å². The smallest absolute Gasteiger partial charge is 0.324 e. The van der Waals surface area contributed by atoms with Crippen LogP contribution in [0.25, 0.3) is 0 Å². The van der Waals surface area contributed by atoms with Crippen LogP contribution in [0.2, 0.25) is 0 Å². The monoisotopic (exact) mass is 127 g/mol. The van der Waals surface area contributed by atoms with Crippen LogP contribution >= 0.6 is 0 Å². The first kappa shape index (κ1) is 7.91. The Kier molecular flexibility index (Phi) is 3.39. The van der Waals surface area contributed by atoms with Gasteiger partial charge in [0.1, 0.15) is 6.04 Å². The fraction of sp³-hybridized carbons (Fsp3) is 0.167. The van der Waals surface area contributed by atoms with Crippen LogP contribution in [0.1, 0.15) is 0 Å². The second-order valence-corrected chi connectivity index (χ2v) is 1.48. The number of carbonyl (C=O) groups is 1. The summed E-state index contributed by atoms with van der Waals surface area (Å²) < 4.78 is 0. The Balaban J connectivity index is 3.75. The number of aliphatic carboxylic acids is 1. The molecule has 1 unspecified atom stereocenters. The molecule has 1 atom stereocenters. The van der Waals surface area contributed by atoms with Crippen molar-refractivity contribution in [2.24, 2.45) is 5.73 Å². The summed E-state index contributed by atoms with van der Waals surface area (Å²) in [5.74, 6) is -1.03.